The number of piperidine rings is 1. The van der Waals surface area contributed by atoms with Gasteiger partial charge < -0.3 is 15.0 Å². The van der Waals surface area contributed by atoms with E-state index >= 15 is 0 Å². The van der Waals surface area contributed by atoms with E-state index in [1.54, 1.807) is 24.0 Å². The standard InChI is InChI=1S/C22H27N3O5S/c1-16-9-10-18(14-20(16)31(23,28)29)24-22(27)17-6-5-12-25(15-17)21(26)11-13-30-19-7-3-2-4-8-19/h2-4,7-10,14,17H,5-6,11-13,15H2,1H3,(H,24,27)(H2,23,28,29). The number of carbonyl (C=O) groups is 2. The molecule has 1 unspecified atom stereocenters. The molecule has 1 heterocycles. The molecule has 0 aromatic heterocycles. The smallest absolute Gasteiger partial charge is 0.238 e. The van der Waals surface area contributed by atoms with Gasteiger partial charge in [-0.15, -0.1) is 0 Å². The monoisotopic (exact) mass is 445 g/mol. The van der Waals surface area contributed by atoms with Crippen LogP contribution in [0.4, 0.5) is 5.69 Å². The second-order valence-corrected chi connectivity index (χ2v) is 9.13. The van der Waals surface area contributed by atoms with Gasteiger partial charge in [-0.1, -0.05) is 24.3 Å². The third-order valence-electron chi connectivity index (χ3n) is 5.23. The van der Waals surface area contributed by atoms with Crippen molar-refractivity contribution < 1.29 is 22.7 Å². The lowest BCUT2D eigenvalue weighted by atomic mass is 9.96. The SMILES string of the molecule is Cc1ccc(NC(=O)C2CCCN(C(=O)CCOc3ccccc3)C2)cc1S(N)(=O)=O. The number of primary sulfonamides is 1. The minimum atomic E-state index is -3.88. The van der Waals surface area contributed by atoms with Gasteiger partial charge in [0.25, 0.3) is 0 Å². The van der Waals surface area contributed by atoms with Crippen LogP contribution in [0.2, 0.25) is 0 Å². The topological polar surface area (TPSA) is 119 Å². The normalized spacial score (nSPS) is 16.6. The second-order valence-electron chi connectivity index (χ2n) is 7.60. The first-order chi connectivity index (χ1) is 14.7. The summed E-state index contributed by atoms with van der Waals surface area (Å²) in [7, 11) is -3.88. The number of anilines is 1. The number of nitrogens with two attached hydrogens (primary N) is 1. The van der Waals surface area contributed by atoms with E-state index in [1.165, 1.54) is 6.07 Å². The predicted molar refractivity (Wildman–Crippen MR) is 117 cm³/mol. The van der Waals surface area contributed by atoms with Crippen LogP contribution in [0.5, 0.6) is 5.75 Å². The van der Waals surface area contributed by atoms with E-state index in [1.807, 2.05) is 30.3 Å². The van der Waals surface area contributed by atoms with E-state index < -0.39 is 10.0 Å². The Balaban J connectivity index is 1.55. The molecule has 0 saturated carbocycles. The first-order valence-corrected chi connectivity index (χ1v) is 11.7. The van der Waals surface area contributed by atoms with Crippen LogP contribution in [0.15, 0.2) is 53.4 Å². The fraction of sp³-hybridized carbons (Fsp3) is 0.364. The number of rotatable bonds is 7. The molecule has 1 fully saturated rings. The molecule has 2 aromatic rings. The molecule has 9 heteroatoms. The van der Waals surface area contributed by atoms with Crippen LogP contribution in [0.25, 0.3) is 0 Å². The summed E-state index contributed by atoms with van der Waals surface area (Å²) < 4.78 is 29.0. The molecule has 0 radical (unpaired) electrons. The maximum absolute atomic E-state index is 12.7. The quantitative estimate of drug-likeness (QED) is 0.678. The molecule has 166 valence electrons. The zero-order valence-electron chi connectivity index (χ0n) is 17.4. The fourth-order valence-electron chi connectivity index (χ4n) is 3.58. The summed E-state index contributed by atoms with van der Waals surface area (Å²) in [5, 5.41) is 7.99. The number of ether oxygens (including phenoxy) is 1. The third kappa shape index (κ3) is 6.28. The lowest BCUT2D eigenvalue weighted by molar-refractivity contribution is -0.135. The molecule has 1 aliphatic rings. The molecule has 0 bridgehead atoms. The highest BCUT2D eigenvalue weighted by molar-refractivity contribution is 7.89. The van der Waals surface area contributed by atoms with Crippen LogP contribution in [0.1, 0.15) is 24.8 Å². The summed E-state index contributed by atoms with van der Waals surface area (Å²) in [5.74, 6) is 0.0395. The van der Waals surface area contributed by atoms with Crippen LogP contribution in [-0.2, 0) is 19.6 Å². The van der Waals surface area contributed by atoms with Gasteiger partial charge in [0.2, 0.25) is 21.8 Å². The Morgan fingerprint density at radius 2 is 1.94 bits per heavy atom. The number of carbonyl (C=O) groups excluding carboxylic acids is 2. The zero-order valence-corrected chi connectivity index (χ0v) is 18.2. The van der Waals surface area contributed by atoms with Crippen molar-refractivity contribution in [1.82, 2.24) is 4.90 Å². The predicted octanol–water partition coefficient (Wildman–Crippen LogP) is 2.29. The summed E-state index contributed by atoms with van der Waals surface area (Å²) in [5.41, 5.74) is 0.868. The maximum Gasteiger partial charge on any atom is 0.238 e. The van der Waals surface area contributed by atoms with Crippen LogP contribution in [-0.4, -0.2) is 44.8 Å². The highest BCUT2D eigenvalue weighted by Crippen LogP contribution is 2.22. The maximum atomic E-state index is 12.7. The summed E-state index contributed by atoms with van der Waals surface area (Å²) in [6.07, 6.45) is 1.61. The van der Waals surface area contributed by atoms with Crippen molar-refractivity contribution in [2.45, 2.75) is 31.1 Å². The van der Waals surface area contributed by atoms with Gasteiger partial charge in [-0.3, -0.25) is 9.59 Å². The Morgan fingerprint density at radius 3 is 2.65 bits per heavy atom. The van der Waals surface area contributed by atoms with Crippen molar-refractivity contribution in [3.63, 3.8) is 0 Å². The van der Waals surface area contributed by atoms with Gasteiger partial charge in [0.05, 0.1) is 23.8 Å². The Hall–Kier alpha value is -2.91. The molecule has 3 N–H and O–H groups in total. The van der Waals surface area contributed by atoms with E-state index in [-0.39, 0.29) is 35.7 Å². The van der Waals surface area contributed by atoms with Crippen LogP contribution in [0.3, 0.4) is 0 Å². The summed E-state index contributed by atoms with van der Waals surface area (Å²) in [6.45, 7) is 2.84. The molecule has 2 aromatic carbocycles. The third-order valence-corrected chi connectivity index (χ3v) is 6.29. The molecular weight excluding hydrogens is 418 g/mol. The minimum absolute atomic E-state index is 0.0239. The van der Waals surface area contributed by atoms with Gasteiger partial charge in [0, 0.05) is 18.8 Å². The molecule has 1 aliphatic heterocycles. The summed E-state index contributed by atoms with van der Waals surface area (Å²) >= 11 is 0. The van der Waals surface area contributed by atoms with Crippen molar-refractivity contribution >= 4 is 27.5 Å². The number of para-hydroxylation sites is 1. The highest BCUT2D eigenvalue weighted by atomic mass is 32.2. The number of likely N-dealkylation sites (tertiary alicyclic amines) is 1. The summed E-state index contributed by atoms with van der Waals surface area (Å²) in [6, 6.07) is 13.9. The Morgan fingerprint density at radius 1 is 1.19 bits per heavy atom. The highest BCUT2D eigenvalue weighted by Gasteiger charge is 2.28. The minimum Gasteiger partial charge on any atom is -0.493 e. The van der Waals surface area contributed by atoms with Gasteiger partial charge in [-0.2, -0.15) is 0 Å². The van der Waals surface area contributed by atoms with Crippen molar-refractivity contribution in [2.75, 3.05) is 25.0 Å². The largest absolute Gasteiger partial charge is 0.493 e. The number of amides is 2. The first kappa shape index (κ1) is 22.8. The molecular formula is C22H27N3O5S. The lowest BCUT2D eigenvalue weighted by Gasteiger charge is -2.32. The van der Waals surface area contributed by atoms with E-state index in [4.69, 9.17) is 9.88 Å². The van der Waals surface area contributed by atoms with Crippen molar-refractivity contribution in [3.8, 4) is 5.75 Å². The van der Waals surface area contributed by atoms with Gasteiger partial charge in [0.15, 0.2) is 0 Å². The van der Waals surface area contributed by atoms with E-state index in [9.17, 15) is 18.0 Å². The molecule has 0 spiro atoms. The van der Waals surface area contributed by atoms with Gasteiger partial charge in [0.1, 0.15) is 5.75 Å². The number of hydrogen-bond acceptors (Lipinski definition) is 5. The molecule has 8 nitrogen and oxygen atoms in total. The molecule has 3 rings (SSSR count). The number of aryl methyl sites for hydroxylation is 1. The van der Waals surface area contributed by atoms with Crippen LogP contribution < -0.4 is 15.2 Å². The second kappa shape index (κ2) is 9.93. The van der Waals surface area contributed by atoms with Crippen molar-refractivity contribution in [2.24, 2.45) is 11.1 Å². The summed E-state index contributed by atoms with van der Waals surface area (Å²) in [4.78, 5) is 26.9. The number of nitrogens with one attached hydrogen (secondary N) is 1. The Bertz CT molecular complexity index is 1040. The molecule has 1 saturated heterocycles. The van der Waals surface area contributed by atoms with E-state index in [0.717, 1.165) is 6.42 Å². The molecule has 1 atom stereocenters. The van der Waals surface area contributed by atoms with Gasteiger partial charge in [-0.05, 0) is 49.6 Å². The lowest BCUT2D eigenvalue weighted by Crippen LogP contribution is -2.44. The number of nitrogens with zero attached hydrogens (tertiary/aromatic N) is 1. The molecule has 2 amide bonds. The van der Waals surface area contributed by atoms with Crippen molar-refractivity contribution in [3.05, 3.63) is 54.1 Å². The number of benzene rings is 2. The van der Waals surface area contributed by atoms with Gasteiger partial charge in [-0.25, -0.2) is 13.6 Å². The van der Waals surface area contributed by atoms with Crippen LogP contribution in [0, 0.1) is 12.8 Å². The van der Waals surface area contributed by atoms with E-state index in [0.29, 0.717) is 36.5 Å². The van der Waals surface area contributed by atoms with Crippen LogP contribution >= 0.6 is 0 Å². The average Bonchev–Trinajstić information content (AvgIpc) is 2.75. The Labute approximate surface area is 182 Å². The average molecular weight is 446 g/mol. The number of hydrogen-bond donors (Lipinski definition) is 2. The first-order valence-electron chi connectivity index (χ1n) is 10.1. The van der Waals surface area contributed by atoms with Crippen molar-refractivity contribution in [1.29, 1.82) is 0 Å². The number of sulfonamides is 1. The fourth-order valence-corrected chi connectivity index (χ4v) is 4.39. The Kier molecular flexibility index (Phi) is 7.29. The molecule has 0 aliphatic carbocycles. The van der Waals surface area contributed by atoms with Gasteiger partial charge >= 0.3 is 0 Å². The van der Waals surface area contributed by atoms with E-state index in [2.05, 4.69) is 5.32 Å². The zero-order chi connectivity index (χ0) is 22.4. The molecule has 31 heavy (non-hydrogen) atoms.